The summed E-state index contributed by atoms with van der Waals surface area (Å²) in [6.45, 7) is 0.145. The molecule has 0 spiro atoms. The lowest BCUT2D eigenvalue weighted by atomic mass is 10.0. The van der Waals surface area contributed by atoms with Crippen molar-refractivity contribution in [3.05, 3.63) is 95.0 Å². The molecular weight excluding hydrogens is 392 g/mol. The molecular formula is C21H17BrN2O2. The van der Waals surface area contributed by atoms with Gasteiger partial charge in [-0.2, -0.15) is 0 Å². The van der Waals surface area contributed by atoms with Crippen LogP contribution in [-0.2, 0) is 5.72 Å². The maximum atomic E-state index is 13.3. The third-order valence-electron chi connectivity index (χ3n) is 4.56. The Kier molecular flexibility index (Phi) is 4.26. The molecule has 1 unspecified atom stereocenters. The van der Waals surface area contributed by atoms with Crippen molar-refractivity contribution >= 4 is 33.3 Å². The number of amides is 2. The Morgan fingerprint density at radius 1 is 0.808 bits per heavy atom. The van der Waals surface area contributed by atoms with Gasteiger partial charge in [-0.05, 0) is 36.4 Å². The number of nitrogens with zero attached hydrogens (tertiary/aromatic N) is 2. The summed E-state index contributed by atoms with van der Waals surface area (Å²) in [6, 6.07) is 25.8. The van der Waals surface area contributed by atoms with Gasteiger partial charge in [0.05, 0.1) is 6.54 Å². The third-order valence-corrected chi connectivity index (χ3v) is 5.09. The molecule has 1 atom stereocenters. The van der Waals surface area contributed by atoms with Crippen molar-refractivity contribution in [3.63, 3.8) is 0 Å². The molecule has 1 fully saturated rings. The zero-order valence-corrected chi connectivity index (χ0v) is 15.5. The van der Waals surface area contributed by atoms with Crippen molar-refractivity contribution in [1.29, 1.82) is 0 Å². The second-order valence-electron chi connectivity index (χ2n) is 6.20. The number of urea groups is 1. The van der Waals surface area contributed by atoms with Crippen LogP contribution in [0.15, 0.2) is 89.4 Å². The first-order valence-electron chi connectivity index (χ1n) is 8.30. The molecule has 0 saturated carbocycles. The van der Waals surface area contributed by atoms with Crippen molar-refractivity contribution in [2.75, 3.05) is 16.3 Å². The number of aliphatic hydroxyl groups is 1. The summed E-state index contributed by atoms with van der Waals surface area (Å²) < 4.78 is 0.936. The van der Waals surface area contributed by atoms with Crippen LogP contribution < -0.4 is 9.80 Å². The van der Waals surface area contributed by atoms with E-state index in [1.54, 1.807) is 4.90 Å². The normalized spacial score (nSPS) is 19.8. The fourth-order valence-corrected chi connectivity index (χ4v) is 3.55. The first-order valence-corrected chi connectivity index (χ1v) is 9.09. The van der Waals surface area contributed by atoms with Crippen LogP contribution in [0, 0.1) is 0 Å². The van der Waals surface area contributed by atoms with Crippen LogP contribution in [0.3, 0.4) is 0 Å². The van der Waals surface area contributed by atoms with Gasteiger partial charge in [-0.3, -0.25) is 9.80 Å². The first kappa shape index (κ1) is 16.8. The van der Waals surface area contributed by atoms with E-state index in [1.807, 2.05) is 84.9 Å². The summed E-state index contributed by atoms with van der Waals surface area (Å²) >= 11 is 3.41. The van der Waals surface area contributed by atoms with Crippen LogP contribution >= 0.6 is 15.9 Å². The Hall–Kier alpha value is -2.63. The van der Waals surface area contributed by atoms with E-state index in [0.29, 0.717) is 11.3 Å². The van der Waals surface area contributed by atoms with E-state index in [4.69, 9.17) is 0 Å². The minimum atomic E-state index is -1.45. The van der Waals surface area contributed by atoms with Gasteiger partial charge in [0.2, 0.25) is 0 Å². The van der Waals surface area contributed by atoms with Crippen molar-refractivity contribution in [2.24, 2.45) is 0 Å². The highest BCUT2D eigenvalue weighted by molar-refractivity contribution is 9.10. The molecule has 1 N–H and O–H groups in total. The second-order valence-corrected chi connectivity index (χ2v) is 7.11. The molecule has 0 aliphatic carbocycles. The number of rotatable bonds is 3. The molecule has 0 bridgehead atoms. The maximum Gasteiger partial charge on any atom is 0.331 e. The van der Waals surface area contributed by atoms with E-state index in [1.165, 1.54) is 4.90 Å². The Balaban J connectivity index is 1.83. The van der Waals surface area contributed by atoms with Crippen LogP contribution in [0.25, 0.3) is 0 Å². The van der Waals surface area contributed by atoms with Crippen LogP contribution in [0.1, 0.15) is 5.56 Å². The molecule has 1 aliphatic rings. The average Bonchev–Trinajstić information content (AvgIpc) is 2.96. The SMILES string of the molecule is O=C1N(c2ccc(Br)cc2)CC(O)(c2ccccc2)N1c1ccccc1. The Bertz CT molecular complexity index is 916. The lowest BCUT2D eigenvalue weighted by molar-refractivity contribution is 0.0655. The van der Waals surface area contributed by atoms with Crippen molar-refractivity contribution in [1.82, 2.24) is 0 Å². The highest BCUT2D eigenvalue weighted by Crippen LogP contribution is 2.39. The van der Waals surface area contributed by atoms with Gasteiger partial charge >= 0.3 is 6.03 Å². The van der Waals surface area contributed by atoms with Gasteiger partial charge in [-0.15, -0.1) is 0 Å². The van der Waals surface area contributed by atoms with Crippen LogP contribution in [0.5, 0.6) is 0 Å². The van der Waals surface area contributed by atoms with Gasteiger partial charge in [-0.25, -0.2) is 4.79 Å². The maximum absolute atomic E-state index is 13.3. The molecule has 1 saturated heterocycles. The molecule has 0 radical (unpaired) electrons. The Morgan fingerprint density at radius 3 is 2.00 bits per heavy atom. The molecule has 3 aromatic rings. The van der Waals surface area contributed by atoms with Gasteiger partial charge in [0.25, 0.3) is 0 Å². The molecule has 4 rings (SSSR count). The Labute approximate surface area is 160 Å². The fourth-order valence-electron chi connectivity index (χ4n) is 3.29. The number of hydrogen-bond acceptors (Lipinski definition) is 2. The molecule has 5 heteroatoms. The minimum Gasteiger partial charge on any atom is -0.365 e. The predicted molar refractivity (Wildman–Crippen MR) is 106 cm³/mol. The van der Waals surface area contributed by atoms with Crippen molar-refractivity contribution in [3.8, 4) is 0 Å². The van der Waals surface area contributed by atoms with E-state index in [0.717, 1.165) is 10.2 Å². The number of halogens is 1. The predicted octanol–water partition coefficient (Wildman–Crippen LogP) is 4.74. The molecule has 2 amide bonds. The van der Waals surface area contributed by atoms with E-state index in [9.17, 15) is 9.90 Å². The van der Waals surface area contributed by atoms with Crippen LogP contribution in [-0.4, -0.2) is 17.7 Å². The van der Waals surface area contributed by atoms with Crippen LogP contribution in [0.2, 0.25) is 0 Å². The molecule has 26 heavy (non-hydrogen) atoms. The number of hydrogen-bond donors (Lipinski definition) is 1. The summed E-state index contributed by atoms with van der Waals surface area (Å²) in [5.41, 5.74) is 0.624. The van der Waals surface area contributed by atoms with Crippen molar-refractivity contribution in [2.45, 2.75) is 5.72 Å². The molecule has 1 aliphatic heterocycles. The fraction of sp³-hybridized carbons (Fsp3) is 0.0952. The largest absolute Gasteiger partial charge is 0.365 e. The van der Waals surface area contributed by atoms with Gasteiger partial charge < -0.3 is 5.11 Å². The van der Waals surface area contributed by atoms with E-state index in [2.05, 4.69) is 15.9 Å². The molecule has 130 valence electrons. The summed E-state index contributed by atoms with van der Waals surface area (Å²) in [5, 5.41) is 11.6. The van der Waals surface area contributed by atoms with Gasteiger partial charge in [-0.1, -0.05) is 64.5 Å². The third kappa shape index (κ3) is 2.79. The summed E-state index contributed by atoms with van der Waals surface area (Å²) in [4.78, 5) is 16.3. The van der Waals surface area contributed by atoms with E-state index >= 15 is 0 Å². The highest BCUT2D eigenvalue weighted by Gasteiger charge is 2.51. The quantitative estimate of drug-likeness (QED) is 0.679. The van der Waals surface area contributed by atoms with E-state index < -0.39 is 5.72 Å². The molecule has 3 aromatic carbocycles. The number of carbonyl (C=O) groups excluding carboxylic acids is 1. The number of para-hydroxylation sites is 1. The standard InChI is InChI=1S/C21H17BrN2O2/c22-17-11-13-18(14-12-17)23-15-21(26,16-7-3-1-4-8-16)24(20(23)25)19-9-5-2-6-10-19/h1-14,26H,15H2. The van der Waals surface area contributed by atoms with Crippen LogP contribution in [0.4, 0.5) is 16.2 Å². The number of β-amino-alcohol motifs (C(OH)–C–C–N with tert-alkyl or cyclic N) is 1. The van der Waals surface area contributed by atoms with E-state index in [-0.39, 0.29) is 12.6 Å². The van der Waals surface area contributed by atoms with Gasteiger partial charge in [0.15, 0.2) is 5.72 Å². The Morgan fingerprint density at radius 2 is 1.38 bits per heavy atom. The summed E-state index contributed by atoms with van der Waals surface area (Å²) in [6.07, 6.45) is 0. The van der Waals surface area contributed by atoms with Gasteiger partial charge in [0, 0.05) is 21.4 Å². The summed E-state index contributed by atoms with van der Waals surface area (Å²) in [5.74, 6) is 0. The monoisotopic (exact) mass is 408 g/mol. The topological polar surface area (TPSA) is 43.8 Å². The number of carbonyl (C=O) groups is 1. The molecule has 1 heterocycles. The molecule has 0 aromatic heterocycles. The lowest BCUT2D eigenvalue weighted by Gasteiger charge is -2.32. The minimum absolute atomic E-state index is 0.145. The second kappa shape index (κ2) is 6.59. The number of anilines is 2. The van der Waals surface area contributed by atoms with Gasteiger partial charge in [0.1, 0.15) is 0 Å². The average molecular weight is 409 g/mol. The number of benzene rings is 3. The summed E-state index contributed by atoms with van der Waals surface area (Å²) in [7, 11) is 0. The smallest absolute Gasteiger partial charge is 0.331 e. The van der Waals surface area contributed by atoms with Crippen molar-refractivity contribution < 1.29 is 9.90 Å². The first-order chi connectivity index (χ1) is 12.6. The zero-order valence-electron chi connectivity index (χ0n) is 13.9. The highest BCUT2D eigenvalue weighted by atomic mass is 79.9. The molecule has 4 nitrogen and oxygen atoms in total. The lowest BCUT2D eigenvalue weighted by Crippen LogP contribution is -2.44. The zero-order chi connectivity index (χ0) is 18.1.